The second-order valence-corrected chi connectivity index (χ2v) is 8.45. The minimum Gasteiger partial charge on any atom is -0.504 e. The maximum atomic E-state index is 13.6. The highest BCUT2D eigenvalue weighted by Gasteiger charge is 2.51. The molecule has 0 fully saturated rings. The number of aliphatic hydroxyl groups excluding tert-OH is 1. The van der Waals surface area contributed by atoms with Crippen molar-refractivity contribution in [2.24, 2.45) is 7.05 Å². The third-order valence-corrected chi connectivity index (χ3v) is 6.10. The summed E-state index contributed by atoms with van der Waals surface area (Å²) in [7, 11) is 4.53. The highest BCUT2D eigenvalue weighted by atomic mass is 16.5. The molecule has 3 rings (SSSR count). The number of ketones is 1. The van der Waals surface area contributed by atoms with Crippen molar-refractivity contribution in [3.63, 3.8) is 0 Å². The summed E-state index contributed by atoms with van der Waals surface area (Å²) >= 11 is 0. The number of fused-ring (bicyclic) bond motifs is 2. The first-order valence-electron chi connectivity index (χ1n) is 10.7. The van der Waals surface area contributed by atoms with E-state index < -0.39 is 17.1 Å². The molecule has 0 radical (unpaired) electrons. The molecule has 1 aromatic carbocycles. The second kappa shape index (κ2) is 9.17. The number of hydrogen-bond donors (Lipinski definition) is 1. The largest absolute Gasteiger partial charge is 0.504 e. The van der Waals surface area contributed by atoms with Gasteiger partial charge in [0, 0.05) is 26.0 Å². The number of aryl methyl sites for hydroxylation is 1. The predicted octanol–water partition coefficient (Wildman–Crippen LogP) is 4.92. The summed E-state index contributed by atoms with van der Waals surface area (Å²) in [6.07, 6.45) is 6.11. The Labute approximate surface area is 188 Å². The van der Waals surface area contributed by atoms with Crippen LogP contribution in [0.1, 0.15) is 51.3 Å². The Bertz CT molecular complexity index is 1210. The maximum absolute atomic E-state index is 13.6. The number of aliphatic hydroxyl groups is 1. The molecule has 2 aromatic rings. The quantitative estimate of drug-likeness (QED) is 0.622. The lowest BCUT2D eigenvalue weighted by Crippen LogP contribution is -2.46. The molecule has 0 aliphatic heterocycles. The number of methoxy groups -OCH3 is 2. The maximum Gasteiger partial charge on any atom is 0.239 e. The van der Waals surface area contributed by atoms with Gasteiger partial charge >= 0.3 is 0 Å². The molecule has 1 atom stereocenters. The van der Waals surface area contributed by atoms with Gasteiger partial charge in [0.25, 0.3) is 0 Å². The molecule has 1 aliphatic carbocycles. The zero-order chi connectivity index (χ0) is 23.6. The number of nitrogens with zero attached hydrogens (tertiary/aromatic N) is 1. The molecule has 32 heavy (non-hydrogen) atoms. The summed E-state index contributed by atoms with van der Waals surface area (Å²) in [5.74, 6) is -1.22. The Morgan fingerprint density at radius 1 is 1.12 bits per heavy atom. The number of carbonyl (C=O) groups excluding carboxylic acids is 1. The van der Waals surface area contributed by atoms with Crippen LogP contribution >= 0.6 is 0 Å². The van der Waals surface area contributed by atoms with Crippen LogP contribution in [0.15, 0.2) is 58.1 Å². The third-order valence-electron chi connectivity index (χ3n) is 6.10. The average Bonchev–Trinajstić information content (AvgIpc) is 2.77. The van der Waals surface area contributed by atoms with E-state index in [2.05, 4.69) is 19.9 Å². The molecule has 1 aromatic heterocycles. The van der Waals surface area contributed by atoms with Gasteiger partial charge in [0.2, 0.25) is 17.0 Å². The number of benzene rings is 1. The summed E-state index contributed by atoms with van der Waals surface area (Å²) < 4.78 is 12.9. The zero-order valence-corrected chi connectivity index (χ0v) is 19.6. The average molecular weight is 438 g/mol. The van der Waals surface area contributed by atoms with Crippen molar-refractivity contribution in [3.05, 3.63) is 74.8 Å². The van der Waals surface area contributed by atoms with E-state index in [-0.39, 0.29) is 23.2 Å². The minimum absolute atomic E-state index is 0.0418. The van der Waals surface area contributed by atoms with Gasteiger partial charge in [-0.1, -0.05) is 35.4 Å². The number of Topliss-reactive ketones (excluding diaryl/α,β-unsaturated/α-hetero) is 1. The lowest BCUT2D eigenvalue weighted by atomic mass is 9.79. The molecule has 1 N–H and O–H groups in total. The van der Waals surface area contributed by atoms with Crippen molar-refractivity contribution < 1.29 is 19.4 Å². The first kappa shape index (κ1) is 23.5. The van der Waals surface area contributed by atoms with Gasteiger partial charge in [-0.25, -0.2) is 0 Å². The van der Waals surface area contributed by atoms with Crippen molar-refractivity contribution >= 4 is 22.4 Å². The van der Waals surface area contributed by atoms with E-state index in [0.717, 1.165) is 18.4 Å². The van der Waals surface area contributed by atoms with Gasteiger partial charge in [-0.2, -0.15) is 0 Å². The minimum atomic E-state index is -1.50. The first-order chi connectivity index (χ1) is 15.2. The molecule has 1 heterocycles. The monoisotopic (exact) mass is 437 g/mol. The Kier molecular flexibility index (Phi) is 6.74. The van der Waals surface area contributed by atoms with Crippen molar-refractivity contribution in [2.75, 3.05) is 14.2 Å². The van der Waals surface area contributed by atoms with Gasteiger partial charge < -0.3 is 19.1 Å². The lowest BCUT2D eigenvalue weighted by Gasteiger charge is -2.37. The predicted molar refractivity (Wildman–Crippen MR) is 126 cm³/mol. The molecule has 0 bridgehead atoms. The van der Waals surface area contributed by atoms with Gasteiger partial charge in [0.15, 0.2) is 11.4 Å². The highest BCUT2D eigenvalue weighted by molar-refractivity contribution is 6.09. The highest BCUT2D eigenvalue weighted by Crippen LogP contribution is 2.42. The van der Waals surface area contributed by atoms with Crippen molar-refractivity contribution in [1.29, 1.82) is 0 Å². The van der Waals surface area contributed by atoms with Gasteiger partial charge in [0.05, 0.1) is 23.9 Å². The van der Waals surface area contributed by atoms with Crippen LogP contribution in [0.4, 0.5) is 0 Å². The van der Waals surface area contributed by atoms with E-state index >= 15 is 0 Å². The molecule has 0 unspecified atom stereocenters. The number of carbonyl (C=O) groups is 1. The summed E-state index contributed by atoms with van der Waals surface area (Å²) in [4.78, 5) is 27.0. The van der Waals surface area contributed by atoms with Crippen LogP contribution in [-0.4, -0.2) is 29.7 Å². The fraction of sp³-hybridized carbons (Fsp3) is 0.385. The van der Waals surface area contributed by atoms with E-state index in [1.165, 1.54) is 19.8 Å². The lowest BCUT2D eigenvalue weighted by molar-refractivity contribution is -0.142. The summed E-state index contributed by atoms with van der Waals surface area (Å²) in [5, 5.41) is 11.3. The smallest absolute Gasteiger partial charge is 0.239 e. The van der Waals surface area contributed by atoms with E-state index in [1.807, 2.05) is 25.1 Å². The fourth-order valence-corrected chi connectivity index (χ4v) is 4.35. The molecule has 1 aliphatic rings. The molecule has 0 saturated carbocycles. The number of ether oxygens (including phenoxy) is 2. The molecular weight excluding hydrogens is 406 g/mol. The number of rotatable bonds is 7. The summed E-state index contributed by atoms with van der Waals surface area (Å²) in [6, 6.07) is 7.12. The standard InChI is InChI=1S/C26H31NO5/c1-16(2)10-9-11-17(3)14-15-26(32-6)24-20(22(29)23(31-5)25(26)30)21(28)18-12-7-8-13-19(18)27(24)4/h7-8,10,12-14,29H,9,11,15H2,1-6H3/b17-14+/t26-/m0/s1. The molecule has 0 spiro atoms. The molecule has 0 saturated heterocycles. The Balaban J connectivity index is 2.26. The molecule has 6 nitrogen and oxygen atoms in total. The molecule has 0 amide bonds. The van der Waals surface area contributed by atoms with Crippen LogP contribution in [0.2, 0.25) is 0 Å². The number of pyridine rings is 1. The van der Waals surface area contributed by atoms with Gasteiger partial charge in [-0.3, -0.25) is 9.59 Å². The van der Waals surface area contributed by atoms with E-state index in [0.29, 0.717) is 16.6 Å². The third kappa shape index (κ3) is 3.79. The van der Waals surface area contributed by atoms with Crippen LogP contribution < -0.4 is 5.43 Å². The summed E-state index contributed by atoms with van der Waals surface area (Å²) in [5.41, 5.74) is 1.54. The van der Waals surface area contributed by atoms with Gasteiger partial charge in [-0.05, 0) is 45.7 Å². The summed E-state index contributed by atoms with van der Waals surface area (Å²) in [6.45, 7) is 6.14. The first-order valence-corrected chi connectivity index (χ1v) is 10.7. The molecule has 170 valence electrons. The molecular formula is C26H31NO5. The Morgan fingerprint density at radius 3 is 2.44 bits per heavy atom. The normalized spacial score (nSPS) is 18.7. The topological polar surface area (TPSA) is 77.8 Å². The van der Waals surface area contributed by atoms with Gasteiger partial charge in [-0.15, -0.1) is 0 Å². The SMILES string of the molecule is COC1=C(O)c2c(n(C)c3ccccc3c2=O)[C@](C/C=C(\C)CCC=C(C)C)(OC)C1=O. The number of allylic oxidation sites excluding steroid dienone is 3. The van der Waals surface area contributed by atoms with E-state index in [4.69, 9.17) is 9.47 Å². The van der Waals surface area contributed by atoms with Gasteiger partial charge in [0.1, 0.15) is 0 Å². The zero-order valence-electron chi connectivity index (χ0n) is 19.6. The Morgan fingerprint density at radius 2 is 1.81 bits per heavy atom. The van der Waals surface area contributed by atoms with Crippen LogP contribution in [-0.2, 0) is 26.9 Å². The molecule has 6 heteroatoms. The number of hydrogen-bond acceptors (Lipinski definition) is 5. The van der Waals surface area contributed by atoms with Crippen LogP contribution in [0.25, 0.3) is 16.7 Å². The Hall–Kier alpha value is -3.12. The number of para-hydroxylation sites is 1. The van der Waals surface area contributed by atoms with Crippen LogP contribution in [0, 0.1) is 0 Å². The fourth-order valence-electron chi connectivity index (χ4n) is 4.35. The second-order valence-electron chi connectivity index (χ2n) is 8.45. The van der Waals surface area contributed by atoms with Crippen molar-refractivity contribution in [1.82, 2.24) is 4.57 Å². The number of aromatic nitrogens is 1. The van der Waals surface area contributed by atoms with Crippen LogP contribution in [0.5, 0.6) is 0 Å². The van der Waals surface area contributed by atoms with Crippen molar-refractivity contribution in [3.8, 4) is 0 Å². The van der Waals surface area contributed by atoms with E-state index in [1.54, 1.807) is 23.7 Å². The van der Waals surface area contributed by atoms with Crippen molar-refractivity contribution in [2.45, 2.75) is 45.6 Å². The van der Waals surface area contributed by atoms with Crippen LogP contribution in [0.3, 0.4) is 0 Å². The van der Waals surface area contributed by atoms with E-state index in [9.17, 15) is 14.7 Å².